The molecule has 7 heterocycles. The topological polar surface area (TPSA) is 201 Å². The van der Waals surface area contributed by atoms with Crippen LogP contribution in [-0.2, 0) is 22.6 Å². The summed E-state index contributed by atoms with van der Waals surface area (Å²) in [5.74, 6) is -0.559. The average Bonchev–Trinajstić information content (AvgIpc) is 3.98. The minimum atomic E-state index is -1.80. The number of ether oxygens (including phenoxy) is 1. The molecular weight excluding hydrogens is 988 g/mol. The van der Waals surface area contributed by atoms with Crippen molar-refractivity contribution in [2.45, 2.75) is 96.2 Å². The number of anilines is 3. The lowest BCUT2D eigenvalue weighted by Gasteiger charge is -2.38. The number of nitrogens with one attached hydrogen (secondary N) is 2. The molecule has 76 heavy (non-hydrogen) atoms. The van der Waals surface area contributed by atoms with Crippen LogP contribution in [0.25, 0.3) is 21.3 Å². The first-order valence-electron chi connectivity index (χ1n) is 26.6. The molecule has 5 aliphatic heterocycles. The van der Waals surface area contributed by atoms with Crippen molar-refractivity contribution < 1.29 is 43.6 Å². The number of rotatable bonds is 16. The average molecular weight is 1050 g/mol. The Hall–Kier alpha value is -6.83. The van der Waals surface area contributed by atoms with Crippen LogP contribution in [0.15, 0.2) is 84.9 Å². The lowest BCUT2D eigenvalue weighted by molar-refractivity contribution is -0.136. The highest BCUT2D eigenvalue weighted by atomic mass is 32.1. The van der Waals surface area contributed by atoms with Crippen molar-refractivity contribution in [3.63, 3.8) is 0 Å². The van der Waals surface area contributed by atoms with Gasteiger partial charge in [0.1, 0.15) is 29.1 Å². The van der Waals surface area contributed by atoms with E-state index in [4.69, 9.17) is 9.72 Å². The number of thiazole rings is 1. The second-order valence-corrected chi connectivity index (χ2v) is 21.9. The quantitative estimate of drug-likeness (QED) is 0.0354. The number of para-hydroxylation sites is 1. The van der Waals surface area contributed by atoms with Crippen LogP contribution in [0.5, 0.6) is 5.75 Å². The molecule has 0 spiro atoms. The fourth-order valence-electron chi connectivity index (χ4n) is 11.9. The van der Waals surface area contributed by atoms with E-state index in [-0.39, 0.29) is 29.7 Å². The van der Waals surface area contributed by atoms with Gasteiger partial charge in [0.2, 0.25) is 11.8 Å². The maximum atomic E-state index is 15.5. The van der Waals surface area contributed by atoms with Crippen LogP contribution in [0.1, 0.15) is 119 Å². The van der Waals surface area contributed by atoms with E-state index in [0.29, 0.717) is 66.8 Å². The van der Waals surface area contributed by atoms with Crippen molar-refractivity contribution in [2.75, 3.05) is 61.0 Å². The van der Waals surface area contributed by atoms with Crippen molar-refractivity contribution >= 4 is 61.8 Å². The first-order valence-corrected chi connectivity index (χ1v) is 27.5. The molecule has 11 rings (SSSR count). The van der Waals surface area contributed by atoms with Gasteiger partial charge in [0.25, 0.3) is 11.8 Å². The number of pyridine rings is 1. The monoisotopic (exact) mass is 1050 g/mol. The number of carbonyl (C=O) groups is 4. The number of piperidine rings is 3. The molecule has 5 N–H and O–H groups in total. The number of aromatic nitrogens is 2. The molecule has 396 valence electrons. The number of hydrogen-bond acceptors (Lipinski definition) is 15. The van der Waals surface area contributed by atoms with E-state index in [2.05, 4.69) is 31.5 Å². The molecule has 2 aromatic heterocycles. The molecule has 6 aromatic rings. The molecule has 0 saturated carbocycles. The number of hydrogen-bond donors (Lipinski definition) is 5. The fraction of sp³-hybridized carbons (Fsp3) is 0.414. The van der Waals surface area contributed by atoms with Gasteiger partial charge >= 0.3 is 0 Å². The summed E-state index contributed by atoms with van der Waals surface area (Å²) < 4.78 is 22.9. The van der Waals surface area contributed by atoms with Crippen LogP contribution in [-0.4, -0.2) is 111 Å². The van der Waals surface area contributed by atoms with Crippen LogP contribution < -0.4 is 25.2 Å². The summed E-state index contributed by atoms with van der Waals surface area (Å²) in [6, 6.07) is 25.0. The lowest BCUT2D eigenvalue weighted by Crippen LogP contribution is -2.54. The molecular formula is C58H63FN8O8S. The number of unbranched alkanes of at least 4 members (excludes halogenated alkanes) is 1. The normalized spacial score (nSPS) is 19.1. The van der Waals surface area contributed by atoms with Gasteiger partial charge in [-0.2, -0.15) is 0 Å². The predicted molar refractivity (Wildman–Crippen MR) is 288 cm³/mol. The summed E-state index contributed by atoms with van der Waals surface area (Å²) in [4.78, 5) is 67.7. The Morgan fingerprint density at radius 3 is 2.32 bits per heavy atom. The van der Waals surface area contributed by atoms with E-state index in [0.717, 1.165) is 126 Å². The Morgan fingerprint density at radius 1 is 0.776 bits per heavy atom. The Kier molecular flexibility index (Phi) is 14.9. The standard InChI is InChI=1S/C58H63FN8O8S/c1-34-38(39-15-17-50(61-52(39)57(73)74)66-28-23-37-9-6-11-40(43(37)33-66)53(69)63-58-60-45-12-2-3-14-49(45)76-58)10-7-13-48(34)75-29-5-4-8-35-19-24-64(25-20-35)32-36-21-26-65(27-22-36)47-31-42-41(30-44(47)59)55(71)67(56(42)72)46-16-18-51(68)62-54(46)70/h2-3,6-7,9-15,17,30-31,35-36,46,53,57,69,73-74H,4-5,8,16,18-29,32-33H2,1H3,(H,60,63)(H,62,68,70). The molecule has 18 heteroatoms. The number of aliphatic hydroxyl groups is 3. The Labute approximate surface area is 444 Å². The zero-order valence-electron chi connectivity index (χ0n) is 42.5. The maximum Gasteiger partial charge on any atom is 0.262 e. The molecule has 3 fully saturated rings. The summed E-state index contributed by atoms with van der Waals surface area (Å²) in [7, 11) is 0. The number of imide groups is 2. The third-order valence-electron chi connectivity index (χ3n) is 16.2. The van der Waals surface area contributed by atoms with E-state index >= 15 is 4.39 Å². The van der Waals surface area contributed by atoms with E-state index in [9.17, 15) is 34.5 Å². The van der Waals surface area contributed by atoms with Gasteiger partial charge in [0.05, 0.1) is 33.6 Å². The van der Waals surface area contributed by atoms with E-state index in [1.807, 2.05) is 78.6 Å². The Morgan fingerprint density at radius 2 is 1.54 bits per heavy atom. The molecule has 2 unspecified atom stereocenters. The Bertz CT molecular complexity index is 3160. The lowest BCUT2D eigenvalue weighted by atomic mass is 9.90. The number of benzene rings is 4. The van der Waals surface area contributed by atoms with Gasteiger partial charge in [-0.25, -0.2) is 14.4 Å². The van der Waals surface area contributed by atoms with Crippen LogP contribution in [0.3, 0.4) is 0 Å². The number of carbonyl (C=O) groups excluding carboxylic acids is 4. The minimum absolute atomic E-state index is 0.0197. The highest BCUT2D eigenvalue weighted by Crippen LogP contribution is 2.39. The van der Waals surface area contributed by atoms with Crippen molar-refractivity contribution in [3.05, 3.63) is 130 Å². The van der Waals surface area contributed by atoms with Gasteiger partial charge < -0.3 is 40.1 Å². The minimum Gasteiger partial charge on any atom is -0.493 e. The van der Waals surface area contributed by atoms with E-state index < -0.39 is 48.0 Å². The number of aliphatic hydroxyl groups excluding tert-OH is 2. The summed E-state index contributed by atoms with van der Waals surface area (Å²) >= 11 is 1.49. The summed E-state index contributed by atoms with van der Waals surface area (Å²) in [5, 5.41) is 38.8. The third kappa shape index (κ3) is 10.5. The first kappa shape index (κ1) is 51.3. The molecule has 4 aromatic carbocycles. The summed E-state index contributed by atoms with van der Waals surface area (Å²) in [6.07, 6.45) is 5.21. The van der Waals surface area contributed by atoms with Gasteiger partial charge in [-0.15, -0.1) is 0 Å². The molecule has 3 saturated heterocycles. The van der Waals surface area contributed by atoms with Gasteiger partial charge in [0.15, 0.2) is 17.6 Å². The SMILES string of the molecule is Cc1c(OCCCCC2CCN(CC3CCN(c4cc5c(cc4F)C(=O)N(C4CCC(=O)NC4=O)C5=O)CC3)CC2)cccc1-c1ccc(N2CCc3cccc(C(O)Nc4nc5ccccc5s4)c3C2)nc1C(O)O. The summed E-state index contributed by atoms with van der Waals surface area (Å²) in [5.41, 5.74) is 6.62. The van der Waals surface area contributed by atoms with Crippen molar-refractivity contribution in [1.82, 2.24) is 25.1 Å². The highest BCUT2D eigenvalue weighted by molar-refractivity contribution is 7.22. The van der Waals surface area contributed by atoms with Crippen LogP contribution in [0, 0.1) is 24.6 Å². The largest absolute Gasteiger partial charge is 0.493 e. The highest BCUT2D eigenvalue weighted by Gasteiger charge is 2.45. The second-order valence-electron chi connectivity index (χ2n) is 20.9. The van der Waals surface area contributed by atoms with E-state index in [1.165, 1.54) is 17.4 Å². The second kappa shape index (κ2) is 22.0. The number of likely N-dealkylation sites (tertiary alicyclic amines) is 1. The van der Waals surface area contributed by atoms with Crippen LogP contribution >= 0.6 is 11.3 Å². The van der Waals surface area contributed by atoms with Crippen molar-refractivity contribution in [3.8, 4) is 16.9 Å². The molecule has 4 amide bonds. The Balaban J connectivity index is 0.629. The smallest absolute Gasteiger partial charge is 0.262 e. The molecule has 0 radical (unpaired) electrons. The summed E-state index contributed by atoms with van der Waals surface area (Å²) in [6.45, 7) is 8.09. The van der Waals surface area contributed by atoms with Crippen LogP contribution in [0.4, 0.5) is 21.0 Å². The molecule has 0 aliphatic carbocycles. The van der Waals surface area contributed by atoms with Gasteiger partial charge in [-0.1, -0.05) is 60.2 Å². The van der Waals surface area contributed by atoms with E-state index in [1.54, 1.807) is 0 Å². The molecule has 0 bridgehead atoms. The number of fused-ring (bicyclic) bond motifs is 3. The number of amides is 4. The third-order valence-corrected chi connectivity index (χ3v) is 17.1. The van der Waals surface area contributed by atoms with Crippen LogP contribution in [0.2, 0.25) is 0 Å². The number of halogens is 1. The predicted octanol–water partition coefficient (Wildman–Crippen LogP) is 8.03. The molecule has 5 aliphatic rings. The fourth-order valence-corrected chi connectivity index (χ4v) is 12.8. The molecule has 16 nitrogen and oxygen atoms in total. The number of nitrogens with zero attached hydrogens (tertiary/aromatic N) is 6. The van der Waals surface area contributed by atoms with Gasteiger partial charge in [0, 0.05) is 50.3 Å². The molecule has 2 atom stereocenters. The maximum absolute atomic E-state index is 15.5. The van der Waals surface area contributed by atoms with Crippen molar-refractivity contribution in [1.29, 1.82) is 0 Å². The zero-order valence-corrected chi connectivity index (χ0v) is 43.4. The first-order chi connectivity index (χ1) is 36.9. The van der Waals surface area contributed by atoms with Gasteiger partial charge in [-0.3, -0.25) is 29.4 Å². The van der Waals surface area contributed by atoms with Crippen molar-refractivity contribution in [2.24, 2.45) is 11.8 Å². The zero-order chi connectivity index (χ0) is 52.6. The van der Waals surface area contributed by atoms with Gasteiger partial charge in [-0.05, 0) is 148 Å².